The molecule has 3 fully saturated rings. The molecular weight excluding hydrogens is 340 g/mol. The van der Waals surface area contributed by atoms with Crippen LogP contribution in [0.4, 0.5) is 0 Å². The fourth-order valence-corrected chi connectivity index (χ4v) is 5.97. The number of carbonyl (C=O) groups is 1. The molecule has 1 saturated heterocycles. The van der Waals surface area contributed by atoms with Crippen LogP contribution in [0.3, 0.4) is 0 Å². The molecule has 148 valence electrons. The number of carboxylic acids is 1. The van der Waals surface area contributed by atoms with Crippen LogP contribution < -0.4 is 5.32 Å². The minimum absolute atomic E-state index is 0.275. The number of nitrogens with one attached hydrogen (secondary N) is 1. The Labute approximate surface area is 162 Å². The molecule has 0 amide bonds. The molecular formula is C22H32N2O3. The Morgan fingerprint density at radius 3 is 2.89 bits per heavy atom. The summed E-state index contributed by atoms with van der Waals surface area (Å²) in [6, 6.07) is 8.18. The van der Waals surface area contributed by atoms with E-state index >= 15 is 0 Å². The van der Waals surface area contributed by atoms with Gasteiger partial charge in [0.2, 0.25) is 0 Å². The monoisotopic (exact) mass is 372 g/mol. The summed E-state index contributed by atoms with van der Waals surface area (Å²) in [6.45, 7) is 9.49. The molecule has 3 aliphatic rings. The second-order valence-corrected chi connectivity index (χ2v) is 9.30. The lowest BCUT2D eigenvalue weighted by molar-refractivity contribution is -0.186. The Kier molecular flexibility index (Phi) is 4.81. The highest BCUT2D eigenvalue weighted by Gasteiger charge is 2.72. The van der Waals surface area contributed by atoms with E-state index in [9.17, 15) is 9.90 Å². The second kappa shape index (κ2) is 6.87. The molecule has 5 nitrogen and oxygen atoms in total. The zero-order valence-electron chi connectivity index (χ0n) is 16.7. The average molecular weight is 373 g/mol. The summed E-state index contributed by atoms with van der Waals surface area (Å²) in [6.07, 6.45) is 3.92. The predicted molar refractivity (Wildman–Crippen MR) is 104 cm³/mol. The van der Waals surface area contributed by atoms with Crippen LogP contribution in [-0.2, 0) is 21.7 Å². The lowest BCUT2D eigenvalue weighted by Crippen LogP contribution is -2.53. The zero-order valence-corrected chi connectivity index (χ0v) is 16.7. The van der Waals surface area contributed by atoms with Crippen LogP contribution in [0.5, 0.6) is 0 Å². The molecule has 1 heterocycles. The first kappa shape index (κ1) is 18.9. The maximum atomic E-state index is 11.2. The maximum absolute atomic E-state index is 11.2. The predicted octanol–water partition coefficient (Wildman–Crippen LogP) is 3.19. The van der Waals surface area contributed by atoms with E-state index in [2.05, 4.69) is 50.4 Å². The van der Waals surface area contributed by atoms with Crippen LogP contribution in [0.2, 0.25) is 0 Å². The Balaban J connectivity index is 1.52. The number of hydroxylamine groups is 2. The molecule has 0 bridgehead atoms. The van der Waals surface area contributed by atoms with Crippen molar-refractivity contribution in [3.05, 3.63) is 35.4 Å². The molecule has 4 unspecified atom stereocenters. The van der Waals surface area contributed by atoms with Gasteiger partial charge in [0.05, 0.1) is 13.2 Å². The van der Waals surface area contributed by atoms with Crippen LogP contribution >= 0.6 is 0 Å². The van der Waals surface area contributed by atoms with Crippen LogP contribution in [-0.4, -0.2) is 41.8 Å². The minimum Gasteiger partial charge on any atom is -0.480 e. The van der Waals surface area contributed by atoms with Crippen molar-refractivity contribution < 1.29 is 14.7 Å². The number of nitrogens with zero attached hydrogens (tertiary/aromatic N) is 1. The van der Waals surface area contributed by atoms with Gasteiger partial charge in [0, 0.05) is 18.5 Å². The third-order valence-corrected chi connectivity index (χ3v) is 7.49. The fraction of sp³-hybridized carbons (Fsp3) is 0.682. The number of fused-ring (bicyclic) bond motifs is 1. The lowest BCUT2D eigenvalue weighted by atomic mass is 9.74. The molecule has 5 heteroatoms. The summed E-state index contributed by atoms with van der Waals surface area (Å²) >= 11 is 0. The van der Waals surface area contributed by atoms with Crippen molar-refractivity contribution in [1.82, 2.24) is 10.4 Å². The van der Waals surface area contributed by atoms with E-state index in [4.69, 9.17) is 4.84 Å². The summed E-state index contributed by atoms with van der Waals surface area (Å²) in [7, 11) is 0. The van der Waals surface area contributed by atoms with Gasteiger partial charge in [-0.3, -0.25) is 9.63 Å². The Morgan fingerprint density at radius 1 is 1.33 bits per heavy atom. The molecule has 2 N–H and O–H groups in total. The first-order valence-corrected chi connectivity index (χ1v) is 10.3. The van der Waals surface area contributed by atoms with Gasteiger partial charge in [-0.15, -0.1) is 0 Å². The molecule has 2 saturated carbocycles. The smallest absolute Gasteiger partial charge is 0.322 e. The first-order valence-electron chi connectivity index (χ1n) is 10.3. The quantitative estimate of drug-likeness (QED) is 0.831. The summed E-state index contributed by atoms with van der Waals surface area (Å²) in [5, 5.41) is 14.1. The second-order valence-electron chi connectivity index (χ2n) is 9.30. The lowest BCUT2D eigenvalue weighted by Gasteiger charge is -2.32. The zero-order chi connectivity index (χ0) is 19.2. The Hall–Kier alpha value is -1.43. The summed E-state index contributed by atoms with van der Waals surface area (Å²) in [5.74, 6) is 0.709. The fourth-order valence-electron chi connectivity index (χ4n) is 5.97. The Bertz CT molecular complexity index is 719. The van der Waals surface area contributed by atoms with Gasteiger partial charge in [-0.2, -0.15) is 5.06 Å². The largest absolute Gasteiger partial charge is 0.480 e. The van der Waals surface area contributed by atoms with Crippen molar-refractivity contribution in [2.75, 3.05) is 19.6 Å². The van der Waals surface area contributed by atoms with Gasteiger partial charge >= 0.3 is 5.97 Å². The van der Waals surface area contributed by atoms with Crippen molar-refractivity contribution in [3.8, 4) is 0 Å². The van der Waals surface area contributed by atoms with E-state index in [1.807, 2.05) is 5.06 Å². The highest BCUT2D eigenvalue weighted by atomic mass is 16.7. The summed E-state index contributed by atoms with van der Waals surface area (Å²) in [5.41, 5.74) is 3.33. The van der Waals surface area contributed by atoms with Crippen molar-refractivity contribution >= 4 is 5.97 Å². The van der Waals surface area contributed by atoms with Crippen LogP contribution in [0, 0.1) is 17.3 Å². The van der Waals surface area contributed by atoms with Crippen molar-refractivity contribution in [3.63, 3.8) is 0 Å². The molecule has 27 heavy (non-hydrogen) atoms. The molecule has 4 atom stereocenters. The molecule has 2 aliphatic carbocycles. The Morgan fingerprint density at radius 2 is 2.11 bits per heavy atom. The van der Waals surface area contributed by atoms with Gasteiger partial charge in [0.25, 0.3) is 0 Å². The molecule has 0 spiro atoms. The van der Waals surface area contributed by atoms with Crippen LogP contribution in [0.25, 0.3) is 0 Å². The van der Waals surface area contributed by atoms with E-state index in [0.717, 1.165) is 11.8 Å². The van der Waals surface area contributed by atoms with E-state index in [-0.39, 0.29) is 5.41 Å². The van der Waals surface area contributed by atoms with Gasteiger partial charge < -0.3 is 10.4 Å². The van der Waals surface area contributed by atoms with Crippen molar-refractivity contribution in [1.29, 1.82) is 0 Å². The number of hydrogen-bond donors (Lipinski definition) is 2. The SMILES string of the molecule is CC1CCC2C(C)(C)C2(c2ccccc2CON2CCNC(C(=O)O)C2)C1. The molecule has 4 rings (SSSR count). The number of benzene rings is 1. The van der Waals surface area contributed by atoms with Crippen molar-refractivity contribution in [2.24, 2.45) is 17.3 Å². The van der Waals surface area contributed by atoms with E-state index in [0.29, 0.717) is 31.7 Å². The molecule has 1 aromatic carbocycles. The third-order valence-electron chi connectivity index (χ3n) is 7.49. The normalized spacial score (nSPS) is 35.4. The van der Waals surface area contributed by atoms with E-state index < -0.39 is 12.0 Å². The topological polar surface area (TPSA) is 61.8 Å². The highest BCUT2D eigenvalue weighted by molar-refractivity contribution is 5.73. The number of rotatable bonds is 5. The standard InChI is InChI=1S/C22H32N2O3/c1-15-8-9-19-21(2,3)22(19,12-15)17-7-5-4-6-16(17)14-27-24-11-10-23-18(13-24)20(25)26/h4-7,15,18-19,23H,8-14H2,1-3H3,(H,25,26). The number of carboxylic acid groups (broad SMARTS) is 1. The number of aliphatic carboxylic acids is 1. The van der Waals surface area contributed by atoms with Gasteiger partial charge in [-0.1, -0.05) is 51.5 Å². The summed E-state index contributed by atoms with van der Waals surface area (Å²) < 4.78 is 0. The summed E-state index contributed by atoms with van der Waals surface area (Å²) in [4.78, 5) is 17.3. The number of piperazine rings is 1. The minimum atomic E-state index is -0.818. The van der Waals surface area contributed by atoms with E-state index in [1.54, 1.807) is 0 Å². The van der Waals surface area contributed by atoms with Gasteiger partial charge in [0.15, 0.2) is 0 Å². The maximum Gasteiger partial charge on any atom is 0.322 e. The van der Waals surface area contributed by atoms with Gasteiger partial charge in [-0.25, -0.2) is 0 Å². The average Bonchev–Trinajstić information content (AvgIpc) is 3.15. The molecule has 0 radical (unpaired) electrons. The molecule has 1 aromatic rings. The highest BCUT2D eigenvalue weighted by Crippen LogP contribution is 2.76. The molecule has 1 aliphatic heterocycles. The van der Waals surface area contributed by atoms with Gasteiger partial charge in [0.1, 0.15) is 6.04 Å². The molecule has 0 aromatic heterocycles. The number of hydrogen-bond acceptors (Lipinski definition) is 4. The van der Waals surface area contributed by atoms with E-state index in [1.165, 1.54) is 30.4 Å². The third kappa shape index (κ3) is 3.10. The van der Waals surface area contributed by atoms with Crippen molar-refractivity contribution in [2.45, 2.75) is 58.1 Å². The van der Waals surface area contributed by atoms with Crippen LogP contribution in [0.1, 0.15) is 51.2 Å². The first-order chi connectivity index (χ1) is 12.9. The van der Waals surface area contributed by atoms with Crippen LogP contribution in [0.15, 0.2) is 24.3 Å². The van der Waals surface area contributed by atoms with Gasteiger partial charge in [-0.05, 0) is 41.2 Å².